The lowest BCUT2D eigenvalue weighted by Crippen LogP contribution is -2.04. The van der Waals surface area contributed by atoms with E-state index in [2.05, 4.69) is 9.68 Å². The fourth-order valence-electron chi connectivity index (χ4n) is 0.666. The monoisotopic (exact) mass is 173 g/mol. The van der Waals surface area contributed by atoms with E-state index in [1.165, 1.54) is 6.07 Å². The van der Waals surface area contributed by atoms with Crippen LogP contribution in [0.1, 0.15) is 5.76 Å². The van der Waals surface area contributed by atoms with E-state index < -0.39 is 0 Å². The Morgan fingerprint density at radius 1 is 1.58 bits per heavy atom. The van der Waals surface area contributed by atoms with Crippen molar-refractivity contribution in [2.45, 2.75) is 6.61 Å². The highest BCUT2D eigenvalue weighted by Crippen LogP contribution is 2.10. The third-order valence-corrected chi connectivity index (χ3v) is 1.23. The van der Waals surface area contributed by atoms with E-state index in [0.29, 0.717) is 24.9 Å². The predicted octanol–water partition coefficient (Wildman–Crippen LogP) is 0.192. The van der Waals surface area contributed by atoms with Crippen LogP contribution in [0.3, 0.4) is 0 Å². The molecule has 1 N–H and O–H groups in total. The van der Waals surface area contributed by atoms with Crippen LogP contribution in [0.2, 0.25) is 0 Å². The van der Waals surface area contributed by atoms with Crippen molar-refractivity contribution < 1.29 is 19.1 Å². The van der Waals surface area contributed by atoms with Gasteiger partial charge < -0.3 is 19.1 Å². The number of nitrogens with zero attached hydrogens (tertiary/aromatic N) is 1. The van der Waals surface area contributed by atoms with Crippen LogP contribution in [0.4, 0.5) is 0 Å². The van der Waals surface area contributed by atoms with Gasteiger partial charge in [0.2, 0.25) is 0 Å². The van der Waals surface area contributed by atoms with Crippen molar-refractivity contribution in [1.29, 1.82) is 0 Å². The van der Waals surface area contributed by atoms with Crippen LogP contribution in [0.5, 0.6) is 5.88 Å². The minimum absolute atomic E-state index is 0.166. The maximum Gasteiger partial charge on any atom is 0.254 e. The maximum absolute atomic E-state index is 8.61. The zero-order valence-electron chi connectivity index (χ0n) is 6.82. The fraction of sp³-hybridized carbons (Fsp3) is 0.571. The van der Waals surface area contributed by atoms with Crippen molar-refractivity contribution in [2.75, 3.05) is 20.3 Å². The zero-order chi connectivity index (χ0) is 8.81. The average molecular weight is 173 g/mol. The zero-order valence-corrected chi connectivity index (χ0v) is 6.82. The van der Waals surface area contributed by atoms with Crippen molar-refractivity contribution in [3.8, 4) is 5.88 Å². The van der Waals surface area contributed by atoms with Gasteiger partial charge in [-0.05, 0) is 5.16 Å². The number of rotatable bonds is 5. The molecule has 0 amide bonds. The Kier molecular flexibility index (Phi) is 3.56. The van der Waals surface area contributed by atoms with Gasteiger partial charge in [0, 0.05) is 13.2 Å². The third kappa shape index (κ3) is 2.52. The number of hydrogen-bond acceptors (Lipinski definition) is 5. The van der Waals surface area contributed by atoms with Gasteiger partial charge in [-0.2, -0.15) is 0 Å². The molecule has 0 unspecified atom stereocenters. The SMILES string of the molecule is COCCOc1cc(CO)on1. The smallest absolute Gasteiger partial charge is 0.254 e. The molecule has 0 spiro atoms. The molecule has 5 heteroatoms. The van der Waals surface area contributed by atoms with Gasteiger partial charge in [-0.25, -0.2) is 0 Å². The van der Waals surface area contributed by atoms with Gasteiger partial charge in [-0.1, -0.05) is 0 Å². The van der Waals surface area contributed by atoms with Gasteiger partial charge in [0.1, 0.15) is 13.2 Å². The molecular weight excluding hydrogens is 162 g/mol. The van der Waals surface area contributed by atoms with E-state index >= 15 is 0 Å². The Hall–Kier alpha value is -1.07. The van der Waals surface area contributed by atoms with Gasteiger partial charge in [-0.3, -0.25) is 0 Å². The molecule has 0 aliphatic heterocycles. The molecule has 1 rings (SSSR count). The first-order valence-electron chi connectivity index (χ1n) is 3.55. The molecule has 0 aliphatic rings. The van der Waals surface area contributed by atoms with E-state index in [0.717, 1.165) is 0 Å². The Bertz CT molecular complexity index is 223. The minimum atomic E-state index is -0.166. The minimum Gasteiger partial charge on any atom is -0.473 e. The van der Waals surface area contributed by atoms with Crippen LogP contribution in [-0.4, -0.2) is 30.6 Å². The summed E-state index contributed by atoms with van der Waals surface area (Å²) < 4.78 is 14.5. The molecule has 0 aliphatic carbocycles. The summed E-state index contributed by atoms with van der Waals surface area (Å²) in [6.45, 7) is 0.760. The summed E-state index contributed by atoms with van der Waals surface area (Å²) in [5.41, 5.74) is 0. The molecule has 68 valence electrons. The normalized spacial score (nSPS) is 10.2. The molecule has 12 heavy (non-hydrogen) atoms. The van der Waals surface area contributed by atoms with Gasteiger partial charge in [-0.15, -0.1) is 0 Å². The van der Waals surface area contributed by atoms with E-state index in [4.69, 9.17) is 14.6 Å². The highest BCUT2D eigenvalue weighted by atomic mass is 16.6. The number of hydrogen-bond donors (Lipinski definition) is 1. The van der Waals surface area contributed by atoms with Crippen molar-refractivity contribution >= 4 is 0 Å². The van der Waals surface area contributed by atoms with Crippen molar-refractivity contribution in [3.63, 3.8) is 0 Å². The second kappa shape index (κ2) is 4.74. The molecule has 0 aromatic carbocycles. The summed E-state index contributed by atoms with van der Waals surface area (Å²) in [7, 11) is 1.59. The van der Waals surface area contributed by atoms with Crippen LogP contribution in [0, 0.1) is 0 Å². The Balaban J connectivity index is 2.31. The summed E-state index contributed by atoms with van der Waals surface area (Å²) in [5, 5.41) is 12.2. The molecule has 1 heterocycles. The second-order valence-corrected chi connectivity index (χ2v) is 2.13. The largest absolute Gasteiger partial charge is 0.473 e. The number of aliphatic hydroxyl groups excluding tert-OH is 1. The Morgan fingerprint density at radius 3 is 3.00 bits per heavy atom. The first kappa shape index (κ1) is 9.02. The fourth-order valence-corrected chi connectivity index (χ4v) is 0.666. The molecule has 0 fully saturated rings. The molecule has 5 nitrogen and oxygen atoms in total. The topological polar surface area (TPSA) is 64.7 Å². The highest BCUT2D eigenvalue weighted by molar-refractivity contribution is 5.09. The van der Waals surface area contributed by atoms with Gasteiger partial charge in [0.25, 0.3) is 5.88 Å². The number of aromatic nitrogens is 1. The van der Waals surface area contributed by atoms with Crippen LogP contribution in [0.25, 0.3) is 0 Å². The molecule has 0 saturated carbocycles. The van der Waals surface area contributed by atoms with Gasteiger partial charge in [0.05, 0.1) is 6.61 Å². The lowest BCUT2D eigenvalue weighted by atomic mass is 10.5. The lowest BCUT2D eigenvalue weighted by molar-refractivity contribution is 0.140. The summed E-state index contributed by atoms with van der Waals surface area (Å²) in [4.78, 5) is 0. The van der Waals surface area contributed by atoms with Crippen LogP contribution >= 0.6 is 0 Å². The molecule has 0 radical (unpaired) electrons. The number of methoxy groups -OCH3 is 1. The first-order chi connectivity index (χ1) is 5.86. The maximum atomic E-state index is 8.61. The average Bonchev–Trinajstić information content (AvgIpc) is 2.53. The van der Waals surface area contributed by atoms with Crippen molar-refractivity contribution in [2.24, 2.45) is 0 Å². The predicted molar refractivity (Wildman–Crippen MR) is 39.8 cm³/mol. The summed E-state index contributed by atoms with van der Waals surface area (Å²) in [5.74, 6) is 0.763. The Labute approximate surface area is 69.9 Å². The molecular formula is C7H11NO4. The van der Waals surface area contributed by atoms with Gasteiger partial charge in [0.15, 0.2) is 5.76 Å². The highest BCUT2D eigenvalue weighted by Gasteiger charge is 2.02. The molecule has 0 saturated heterocycles. The standard InChI is InChI=1S/C7H11NO4/c1-10-2-3-11-7-4-6(5-9)12-8-7/h4,9H,2-3,5H2,1H3. The Morgan fingerprint density at radius 2 is 2.42 bits per heavy atom. The van der Waals surface area contributed by atoms with Crippen LogP contribution < -0.4 is 4.74 Å². The lowest BCUT2D eigenvalue weighted by Gasteiger charge is -1.98. The number of ether oxygens (including phenoxy) is 2. The molecule has 1 aromatic rings. The summed E-state index contributed by atoms with van der Waals surface area (Å²) in [6.07, 6.45) is 0. The first-order valence-corrected chi connectivity index (χ1v) is 3.55. The van der Waals surface area contributed by atoms with Gasteiger partial charge >= 0.3 is 0 Å². The van der Waals surface area contributed by atoms with E-state index in [1.807, 2.05) is 0 Å². The van der Waals surface area contributed by atoms with E-state index in [-0.39, 0.29) is 6.61 Å². The third-order valence-electron chi connectivity index (χ3n) is 1.23. The van der Waals surface area contributed by atoms with Crippen molar-refractivity contribution in [1.82, 2.24) is 5.16 Å². The quantitative estimate of drug-likeness (QED) is 0.644. The van der Waals surface area contributed by atoms with Crippen molar-refractivity contribution in [3.05, 3.63) is 11.8 Å². The molecule has 0 bridgehead atoms. The van der Waals surface area contributed by atoms with Crippen LogP contribution in [0.15, 0.2) is 10.6 Å². The molecule has 0 atom stereocenters. The number of aliphatic hydroxyl groups is 1. The van der Waals surface area contributed by atoms with E-state index in [1.54, 1.807) is 7.11 Å². The summed E-state index contributed by atoms with van der Waals surface area (Å²) in [6, 6.07) is 1.54. The van der Waals surface area contributed by atoms with E-state index in [9.17, 15) is 0 Å². The summed E-state index contributed by atoms with van der Waals surface area (Å²) >= 11 is 0. The second-order valence-electron chi connectivity index (χ2n) is 2.13. The molecule has 1 aromatic heterocycles. The van der Waals surface area contributed by atoms with Crippen LogP contribution in [-0.2, 0) is 11.3 Å².